The minimum atomic E-state index is 0.259. The summed E-state index contributed by atoms with van der Waals surface area (Å²) in [6.07, 6.45) is 0. The van der Waals surface area contributed by atoms with Crippen molar-refractivity contribution in [3.05, 3.63) is 84.4 Å². The highest BCUT2D eigenvalue weighted by Gasteiger charge is 2.15. The molecule has 0 fully saturated rings. The molecule has 6 heteroatoms. The van der Waals surface area contributed by atoms with Crippen LogP contribution in [0.2, 0.25) is 0 Å². The zero-order valence-electron chi connectivity index (χ0n) is 18.9. The molecule has 0 aliphatic heterocycles. The Hall–Kier alpha value is -3.93. The lowest BCUT2D eigenvalue weighted by molar-refractivity contribution is 0.277. The van der Waals surface area contributed by atoms with E-state index in [9.17, 15) is 0 Å². The van der Waals surface area contributed by atoms with Crippen LogP contribution in [0.15, 0.2) is 78.9 Å². The van der Waals surface area contributed by atoms with Crippen LogP contribution in [0.1, 0.15) is 5.56 Å². The molecule has 0 atom stereocenters. The molecule has 0 radical (unpaired) electrons. The van der Waals surface area contributed by atoms with Crippen LogP contribution >= 0.6 is 0 Å². The van der Waals surface area contributed by atoms with Crippen LogP contribution in [0.3, 0.4) is 0 Å². The molecule has 0 amide bonds. The number of benzene rings is 3. The Balaban J connectivity index is 1.71. The first-order valence-electron chi connectivity index (χ1n) is 10.5. The summed E-state index contributed by atoms with van der Waals surface area (Å²) in [6, 6.07) is 26.7. The molecule has 0 aliphatic rings. The first-order valence-corrected chi connectivity index (χ1v) is 10.5. The van der Waals surface area contributed by atoms with E-state index in [0.29, 0.717) is 6.61 Å². The second-order valence-corrected chi connectivity index (χ2v) is 7.95. The summed E-state index contributed by atoms with van der Waals surface area (Å²) in [5.74, 6) is 0. The van der Waals surface area contributed by atoms with E-state index in [1.54, 1.807) is 0 Å². The van der Waals surface area contributed by atoms with E-state index in [0.717, 1.165) is 39.5 Å². The Kier molecular flexibility index (Phi) is 6.31. The maximum absolute atomic E-state index is 5.86. The van der Waals surface area contributed by atoms with Crippen molar-refractivity contribution in [3.63, 3.8) is 0 Å². The number of hydrogen-bond donors (Lipinski definition) is 0. The van der Waals surface area contributed by atoms with Crippen LogP contribution in [0, 0.1) is 0 Å². The molecule has 6 nitrogen and oxygen atoms in total. The van der Waals surface area contributed by atoms with Gasteiger partial charge in [0.15, 0.2) is 0 Å². The van der Waals surface area contributed by atoms with Crippen LogP contribution in [0.25, 0.3) is 22.5 Å². The Morgan fingerprint density at radius 1 is 0.625 bits per heavy atom. The van der Waals surface area contributed by atoms with Crippen molar-refractivity contribution < 1.29 is 4.74 Å². The maximum atomic E-state index is 5.86. The van der Waals surface area contributed by atoms with Gasteiger partial charge in [0, 0.05) is 50.7 Å². The molecule has 4 aromatic rings. The van der Waals surface area contributed by atoms with E-state index in [-0.39, 0.29) is 6.01 Å². The number of aromatic nitrogens is 3. The monoisotopic (exact) mass is 425 g/mol. The van der Waals surface area contributed by atoms with E-state index in [4.69, 9.17) is 9.72 Å². The van der Waals surface area contributed by atoms with Crippen molar-refractivity contribution in [2.75, 3.05) is 38.0 Å². The van der Waals surface area contributed by atoms with Crippen LogP contribution in [-0.4, -0.2) is 43.4 Å². The molecule has 0 unspecified atom stereocenters. The Bertz CT molecular complexity index is 1160. The zero-order chi connectivity index (χ0) is 22.5. The highest BCUT2D eigenvalue weighted by atomic mass is 16.5. The number of hydrogen-bond acceptors (Lipinski definition) is 6. The van der Waals surface area contributed by atoms with Crippen LogP contribution in [0.5, 0.6) is 6.01 Å². The van der Waals surface area contributed by atoms with Gasteiger partial charge in [-0.15, -0.1) is 5.10 Å². The van der Waals surface area contributed by atoms with Crippen LogP contribution < -0.4 is 14.5 Å². The smallest absolute Gasteiger partial charge is 0.336 e. The van der Waals surface area contributed by atoms with Gasteiger partial charge in [0.05, 0.1) is 0 Å². The number of nitrogens with zero attached hydrogens (tertiary/aromatic N) is 5. The van der Waals surface area contributed by atoms with Crippen molar-refractivity contribution in [1.29, 1.82) is 0 Å². The zero-order valence-corrected chi connectivity index (χ0v) is 18.9. The van der Waals surface area contributed by atoms with Gasteiger partial charge in [0.2, 0.25) is 0 Å². The molecule has 162 valence electrons. The molecule has 1 heterocycles. The van der Waals surface area contributed by atoms with Gasteiger partial charge in [-0.05, 0) is 29.8 Å². The van der Waals surface area contributed by atoms with Gasteiger partial charge in [-0.3, -0.25) is 0 Å². The predicted octanol–water partition coefficient (Wildman–Crippen LogP) is 4.92. The second-order valence-electron chi connectivity index (χ2n) is 7.95. The van der Waals surface area contributed by atoms with Gasteiger partial charge >= 0.3 is 6.01 Å². The molecule has 0 spiro atoms. The molecule has 0 bridgehead atoms. The highest BCUT2D eigenvalue weighted by molar-refractivity contribution is 5.79. The maximum Gasteiger partial charge on any atom is 0.336 e. The Morgan fingerprint density at radius 3 is 1.69 bits per heavy atom. The number of ether oxygens (including phenoxy) is 1. The predicted molar refractivity (Wildman–Crippen MR) is 130 cm³/mol. The minimum absolute atomic E-state index is 0.259. The summed E-state index contributed by atoms with van der Waals surface area (Å²) in [7, 11) is 8.09. The molecule has 0 aliphatic carbocycles. The Labute approximate surface area is 189 Å². The van der Waals surface area contributed by atoms with Crippen LogP contribution in [-0.2, 0) is 6.61 Å². The van der Waals surface area contributed by atoms with Gasteiger partial charge in [-0.2, -0.15) is 4.98 Å². The lowest BCUT2D eigenvalue weighted by Crippen LogP contribution is -2.08. The highest BCUT2D eigenvalue weighted by Crippen LogP contribution is 2.31. The largest absolute Gasteiger partial charge is 0.458 e. The van der Waals surface area contributed by atoms with Gasteiger partial charge in [0.25, 0.3) is 0 Å². The van der Waals surface area contributed by atoms with Crippen molar-refractivity contribution in [2.24, 2.45) is 0 Å². The Morgan fingerprint density at radius 2 is 1.16 bits per heavy atom. The van der Waals surface area contributed by atoms with E-state index in [1.165, 1.54) is 0 Å². The SMILES string of the molecule is CN(C)c1ccc(-c2nnc(OCc3ccccc3)nc2-c2ccc(N(C)C)cc2)cc1. The first kappa shape index (κ1) is 21.3. The third-order valence-corrected chi connectivity index (χ3v) is 5.19. The third-order valence-electron chi connectivity index (χ3n) is 5.19. The summed E-state index contributed by atoms with van der Waals surface area (Å²) in [5, 5.41) is 8.77. The molecular formula is C26H27N5O. The average Bonchev–Trinajstić information content (AvgIpc) is 2.83. The average molecular weight is 426 g/mol. The summed E-state index contributed by atoms with van der Waals surface area (Å²) < 4.78 is 5.86. The fourth-order valence-corrected chi connectivity index (χ4v) is 3.32. The number of anilines is 2. The van der Waals surface area contributed by atoms with E-state index in [1.807, 2.05) is 70.7 Å². The van der Waals surface area contributed by atoms with E-state index < -0.39 is 0 Å². The molecule has 0 N–H and O–H groups in total. The third kappa shape index (κ3) is 4.86. The first-order chi connectivity index (χ1) is 15.5. The van der Waals surface area contributed by atoms with Gasteiger partial charge in [-0.1, -0.05) is 59.7 Å². The minimum Gasteiger partial charge on any atom is -0.458 e. The fraction of sp³-hybridized carbons (Fsp3) is 0.192. The van der Waals surface area contributed by atoms with E-state index in [2.05, 4.69) is 56.4 Å². The summed E-state index contributed by atoms with van der Waals surface area (Å²) in [6.45, 7) is 0.387. The molecule has 0 saturated carbocycles. The summed E-state index contributed by atoms with van der Waals surface area (Å²) >= 11 is 0. The summed E-state index contributed by atoms with van der Waals surface area (Å²) in [5.41, 5.74) is 6.67. The standard InChI is InChI=1S/C26H27N5O/c1-30(2)22-14-10-20(11-15-22)24-25(21-12-16-23(17-13-21)31(3)4)28-29-26(27-24)32-18-19-8-6-5-7-9-19/h5-17H,18H2,1-4H3. The van der Waals surface area contributed by atoms with Crippen molar-refractivity contribution in [1.82, 2.24) is 15.2 Å². The summed E-state index contributed by atoms with van der Waals surface area (Å²) in [4.78, 5) is 8.88. The lowest BCUT2D eigenvalue weighted by atomic mass is 10.0. The quantitative estimate of drug-likeness (QED) is 0.419. The molecule has 4 rings (SSSR count). The molecule has 0 saturated heterocycles. The van der Waals surface area contributed by atoms with Crippen molar-refractivity contribution >= 4 is 11.4 Å². The molecule has 3 aromatic carbocycles. The van der Waals surface area contributed by atoms with Crippen LogP contribution in [0.4, 0.5) is 11.4 Å². The van der Waals surface area contributed by atoms with E-state index >= 15 is 0 Å². The molecular weight excluding hydrogens is 398 g/mol. The molecule has 32 heavy (non-hydrogen) atoms. The van der Waals surface area contributed by atoms with Gasteiger partial charge in [-0.25, -0.2) is 0 Å². The van der Waals surface area contributed by atoms with Gasteiger partial charge in [0.1, 0.15) is 18.0 Å². The van der Waals surface area contributed by atoms with Crippen molar-refractivity contribution in [3.8, 4) is 28.5 Å². The number of rotatable bonds is 7. The topological polar surface area (TPSA) is 54.4 Å². The lowest BCUT2D eigenvalue weighted by Gasteiger charge is -2.15. The normalized spacial score (nSPS) is 10.6. The van der Waals surface area contributed by atoms with Crippen molar-refractivity contribution in [2.45, 2.75) is 6.61 Å². The second kappa shape index (κ2) is 9.47. The van der Waals surface area contributed by atoms with Gasteiger partial charge < -0.3 is 14.5 Å². The fourth-order valence-electron chi connectivity index (χ4n) is 3.32. The molecule has 1 aromatic heterocycles.